The van der Waals surface area contributed by atoms with Crippen LogP contribution in [0.2, 0.25) is 0 Å². The van der Waals surface area contributed by atoms with Crippen LogP contribution < -0.4 is 10.6 Å². The number of aromatic nitrogens is 2. The van der Waals surface area contributed by atoms with Crippen molar-refractivity contribution in [2.24, 2.45) is 0 Å². The van der Waals surface area contributed by atoms with E-state index in [9.17, 15) is 4.79 Å². The molecule has 0 bridgehead atoms. The number of carbonyl (C=O) groups is 1. The summed E-state index contributed by atoms with van der Waals surface area (Å²) >= 11 is 1.57. The number of amides is 1. The molecule has 1 aromatic carbocycles. The smallest absolute Gasteiger partial charge is 0.276 e. The number of thiazole rings is 1. The maximum Gasteiger partial charge on any atom is 0.276 e. The summed E-state index contributed by atoms with van der Waals surface area (Å²) in [5, 5.41) is 8.77. The number of carbonyl (C=O) groups excluding carboxylic acids is 1. The molecule has 1 saturated heterocycles. The van der Waals surface area contributed by atoms with Gasteiger partial charge in [0.25, 0.3) is 5.91 Å². The van der Waals surface area contributed by atoms with Gasteiger partial charge in [0.1, 0.15) is 5.69 Å². The highest BCUT2D eigenvalue weighted by atomic mass is 32.1. The maximum atomic E-state index is 12.6. The van der Waals surface area contributed by atoms with Crippen molar-refractivity contribution in [3.05, 3.63) is 53.3 Å². The first-order valence-corrected chi connectivity index (χ1v) is 8.94. The van der Waals surface area contributed by atoms with Crippen LogP contribution in [0.25, 0.3) is 10.8 Å². The first-order chi connectivity index (χ1) is 11.8. The Balaban J connectivity index is 1.54. The second-order valence-corrected chi connectivity index (χ2v) is 6.99. The second kappa shape index (κ2) is 6.67. The van der Waals surface area contributed by atoms with Crippen LogP contribution in [0.5, 0.6) is 0 Å². The van der Waals surface area contributed by atoms with Crippen molar-refractivity contribution in [2.45, 2.75) is 18.8 Å². The molecule has 4 rings (SSSR count). The van der Waals surface area contributed by atoms with Crippen molar-refractivity contribution in [3.63, 3.8) is 0 Å². The summed E-state index contributed by atoms with van der Waals surface area (Å²) in [5.41, 5.74) is 0.437. The third-order valence-corrected chi connectivity index (χ3v) is 5.45. The molecule has 3 heterocycles. The minimum atomic E-state index is -0.210. The topological polar surface area (TPSA) is 66.9 Å². The minimum Gasteiger partial charge on any atom is -0.317 e. The molecular formula is C18H18N4OS. The SMILES string of the molecule is O=C(Nc1ncc(C2CCNCC2)s1)c1nccc2ccccc12. The van der Waals surface area contributed by atoms with Crippen LogP contribution in [0.3, 0.4) is 0 Å². The zero-order valence-corrected chi connectivity index (χ0v) is 14.0. The quantitative estimate of drug-likeness (QED) is 0.768. The van der Waals surface area contributed by atoms with Gasteiger partial charge >= 0.3 is 0 Å². The van der Waals surface area contributed by atoms with E-state index in [-0.39, 0.29) is 5.91 Å². The Kier molecular flexibility index (Phi) is 4.23. The molecule has 0 radical (unpaired) electrons. The number of hydrogen-bond donors (Lipinski definition) is 2. The molecule has 1 aliphatic heterocycles. The zero-order chi connectivity index (χ0) is 16.4. The van der Waals surface area contributed by atoms with Gasteiger partial charge in [-0.3, -0.25) is 15.1 Å². The summed E-state index contributed by atoms with van der Waals surface area (Å²) in [6, 6.07) is 9.67. The molecular weight excluding hydrogens is 320 g/mol. The Morgan fingerprint density at radius 1 is 1.17 bits per heavy atom. The first kappa shape index (κ1) is 15.2. The first-order valence-electron chi connectivity index (χ1n) is 8.13. The highest BCUT2D eigenvalue weighted by Crippen LogP contribution is 2.32. The summed E-state index contributed by atoms with van der Waals surface area (Å²) in [6.07, 6.45) is 5.81. The summed E-state index contributed by atoms with van der Waals surface area (Å²) < 4.78 is 0. The minimum absolute atomic E-state index is 0.210. The van der Waals surface area contributed by atoms with Crippen molar-refractivity contribution in [3.8, 4) is 0 Å². The third kappa shape index (κ3) is 3.02. The molecule has 1 aliphatic rings. The highest BCUT2D eigenvalue weighted by Gasteiger charge is 2.19. The van der Waals surface area contributed by atoms with Gasteiger partial charge in [-0.15, -0.1) is 11.3 Å². The van der Waals surface area contributed by atoms with Crippen LogP contribution in [0.15, 0.2) is 42.7 Å². The molecule has 0 unspecified atom stereocenters. The fraction of sp³-hybridized carbons (Fsp3) is 0.278. The van der Waals surface area contributed by atoms with E-state index >= 15 is 0 Å². The van der Waals surface area contributed by atoms with Crippen LogP contribution in [-0.2, 0) is 0 Å². The molecule has 3 aromatic rings. The highest BCUT2D eigenvalue weighted by molar-refractivity contribution is 7.15. The van der Waals surface area contributed by atoms with Gasteiger partial charge in [-0.25, -0.2) is 4.98 Å². The van der Waals surface area contributed by atoms with E-state index in [1.165, 1.54) is 4.88 Å². The second-order valence-electron chi connectivity index (χ2n) is 5.93. The molecule has 122 valence electrons. The Morgan fingerprint density at radius 3 is 2.88 bits per heavy atom. The van der Waals surface area contributed by atoms with Crippen LogP contribution in [0.1, 0.15) is 34.1 Å². The predicted octanol–water partition coefficient (Wildman–Crippen LogP) is 3.41. The molecule has 5 nitrogen and oxygen atoms in total. The number of pyridine rings is 1. The van der Waals surface area contributed by atoms with Gasteiger partial charge in [-0.1, -0.05) is 24.3 Å². The lowest BCUT2D eigenvalue weighted by Crippen LogP contribution is -2.26. The number of piperidine rings is 1. The van der Waals surface area contributed by atoms with E-state index in [0.29, 0.717) is 16.7 Å². The van der Waals surface area contributed by atoms with Crippen LogP contribution in [0.4, 0.5) is 5.13 Å². The lowest BCUT2D eigenvalue weighted by molar-refractivity contribution is 0.102. The van der Waals surface area contributed by atoms with Gasteiger partial charge in [-0.2, -0.15) is 0 Å². The Labute approximate surface area is 144 Å². The van der Waals surface area contributed by atoms with Crippen molar-refractivity contribution >= 4 is 33.1 Å². The number of fused-ring (bicyclic) bond motifs is 1. The molecule has 2 N–H and O–H groups in total. The van der Waals surface area contributed by atoms with Crippen molar-refractivity contribution in [1.29, 1.82) is 0 Å². The van der Waals surface area contributed by atoms with E-state index in [0.717, 1.165) is 36.7 Å². The lowest BCUT2D eigenvalue weighted by atomic mass is 9.97. The molecule has 6 heteroatoms. The largest absolute Gasteiger partial charge is 0.317 e. The van der Waals surface area contributed by atoms with Gasteiger partial charge in [0, 0.05) is 22.7 Å². The Hall–Kier alpha value is -2.31. The predicted molar refractivity (Wildman–Crippen MR) is 96.7 cm³/mol. The molecule has 24 heavy (non-hydrogen) atoms. The van der Waals surface area contributed by atoms with Crippen molar-refractivity contribution < 1.29 is 4.79 Å². The summed E-state index contributed by atoms with van der Waals surface area (Å²) in [5.74, 6) is 0.336. The summed E-state index contributed by atoms with van der Waals surface area (Å²) in [6.45, 7) is 2.09. The van der Waals surface area contributed by atoms with Gasteiger partial charge < -0.3 is 5.32 Å². The van der Waals surface area contributed by atoms with Gasteiger partial charge in [0.2, 0.25) is 0 Å². The number of nitrogens with one attached hydrogen (secondary N) is 2. The fourth-order valence-electron chi connectivity index (χ4n) is 3.10. The lowest BCUT2D eigenvalue weighted by Gasteiger charge is -2.20. The third-order valence-electron chi connectivity index (χ3n) is 4.37. The van der Waals surface area contributed by atoms with E-state index < -0.39 is 0 Å². The van der Waals surface area contributed by atoms with E-state index in [2.05, 4.69) is 20.6 Å². The van der Waals surface area contributed by atoms with Crippen LogP contribution in [-0.4, -0.2) is 29.0 Å². The molecule has 0 saturated carbocycles. The van der Waals surface area contributed by atoms with Gasteiger partial charge in [0.05, 0.1) is 0 Å². The van der Waals surface area contributed by atoms with Gasteiger partial charge in [-0.05, 0) is 43.3 Å². The monoisotopic (exact) mass is 338 g/mol. The Bertz CT molecular complexity index is 865. The molecule has 1 fully saturated rings. The number of nitrogens with zero attached hydrogens (tertiary/aromatic N) is 2. The van der Waals surface area contributed by atoms with E-state index in [1.807, 2.05) is 36.5 Å². The summed E-state index contributed by atoms with van der Waals surface area (Å²) in [4.78, 5) is 22.5. The maximum absolute atomic E-state index is 12.6. The average molecular weight is 338 g/mol. The number of anilines is 1. The molecule has 0 atom stereocenters. The Morgan fingerprint density at radius 2 is 2.00 bits per heavy atom. The van der Waals surface area contributed by atoms with Crippen LogP contribution in [0, 0.1) is 0 Å². The zero-order valence-electron chi connectivity index (χ0n) is 13.2. The van der Waals surface area contributed by atoms with Crippen molar-refractivity contribution in [1.82, 2.24) is 15.3 Å². The molecule has 1 amide bonds. The standard InChI is InChI=1S/C18H18N4OS/c23-17(16-14-4-2-1-3-12(14)7-10-20-16)22-18-21-11-15(24-18)13-5-8-19-9-6-13/h1-4,7,10-11,13,19H,5-6,8-9H2,(H,21,22,23). The van der Waals surface area contributed by atoms with Gasteiger partial charge in [0.15, 0.2) is 5.13 Å². The average Bonchev–Trinajstić information content (AvgIpc) is 3.10. The van der Waals surface area contributed by atoms with Crippen molar-refractivity contribution in [2.75, 3.05) is 18.4 Å². The fourth-order valence-corrected chi connectivity index (χ4v) is 4.08. The van der Waals surface area contributed by atoms with Crippen LogP contribution >= 0.6 is 11.3 Å². The number of hydrogen-bond acceptors (Lipinski definition) is 5. The van der Waals surface area contributed by atoms with E-state index in [1.54, 1.807) is 17.5 Å². The number of rotatable bonds is 3. The molecule has 2 aromatic heterocycles. The number of benzene rings is 1. The molecule has 0 spiro atoms. The van der Waals surface area contributed by atoms with E-state index in [4.69, 9.17) is 0 Å². The molecule has 0 aliphatic carbocycles. The summed E-state index contributed by atoms with van der Waals surface area (Å²) in [7, 11) is 0. The normalized spacial score (nSPS) is 15.5.